The fourth-order valence-electron chi connectivity index (χ4n) is 2.58. The van der Waals surface area contributed by atoms with Crippen LogP contribution < -0.4 is 27.6 Å². The van der Waals surface area contributed by atoms with Crippen molar-refractivity contribution in [3.8, 4) is 11.1 Å². The van der Waals surface area contributed by atoms with Crippen LogP contribution in [-0.4, -0.2) is 16.7 Å². The van der Waals surface area contributed by atoms with Crippen LogP contribution in [0, 0.1) is 0 Å². The van der Waals surface area contributed by atoms with Gasteiger partial charge in [-0.1, -0.05) is 6.07 Å². The van der Waals surface area contributed by atoms with Crippen LogP contribution in [0.2, 0.25) is 0 Å². The van der Waals surface area contributed by atoms with E-state index in [0.717, 1.165) is 28.6 Å². The van der Waals surface area contributed by atoms with E-state index in [-0.39, 0.29) is 11.7 Å². The molecule has 1 amide bonds. The Hall–Kier alpha value is -2.62. The largest absolute Gasteiger partial charge is 0.348 e. The monoisotopic (exact) mass is 329 g/mol. The number of aromatic nitrogens is 1. The summed E-state index contributed by atoms with van der Waals surface area (Å²) in [6.45, 7) is 0.508. The molecular formula is C14H15N7OS. The Morgan fingerprint density at radius 3 is 2.87 bits per heavy atom. The molecule has 8 N–H and O–H groups in total. The molecule has 0 atom stereocenters. The molecule has 0 radical (unpaired) electrons. The minimum absolute atomic E-state index is 0.0625. The molecule has 1 aromatic carbocycles. The lowest BCUT2D eigenvalue weighted by atomic mass is 9.97. The molecule has 0 unspecified atom stereocenters. The summed E-state index contributed by atoms with van der Waals surface area (Å²) >= 11 is 0.980. The highest BCUT2D eigenvalue weighted by Crippen LogP contribution is 2.31. The van der Waals surface area contributed by atoms with Gasteiger partial charge in [-0.3, -0.25) is 9.93 Å². The van der Waals surface area contributed by atoms with E-state index in [0.29, 0.717) is 22.7 Å². The summed E-state index contributed by atoms with van der Waals surface area (Å²) in [7, 11) is 0. The molecule has 118 valence electrons. The third-order valence-corrected chi connectivity index (χ3v) is 4.16. The first-order valence-electron chi connectivity index (χ1n) is 6.71. The van der Waals surface area contributed by atoms with Gasteiger partial charge in [0.2, 0.25) is 0 Å². The average molecular weight is 329 g/mol. The van der Waals surface area contributed by atoms with Gasteiger partial charge in [0.05, 0.1) is 5.56 Å². The van der Waals surface area contributed by atoms with Crippen molar-refractivity contribution in [3.63, 3.8) is 0 Å². The molecule has 8 nitrogen and oxygen atoms in total. The number of rotatable bonds is 3. The second-order valence-electron chi connectivity index (χ2n) is 4.83. The van der Waals surface area contributed by atoms with Crippen LogP contribution in [0.1, 0.15) is 21.5 Å². The molecule has 0 saturated carbocycles. The van der Waals surface area contributed by atoms with Gasteiger partial charge in [-0.2, -0.15) is 5.10 Å². The number of amidine groups is 1. The number of nitrogens with zero attached hydrogens (tertiary/aromatic N) is 2. The highest BCUT2D eigenvalue weighted by atomic mass is 32.2. The zero-order valence-electron chi connectivity index (χ0n) is 12.0. The van der Waals surface area contributed by atoms with Crippen molar-refractivity contribution in [3.05, 3.63) is 47.2 Å². The number of carbonyl (C=O) groups is 1. The van der Waals surface area contributed by atoms with Crippen molar-refractivity contribution < 1.29 is 4.79 Å². The van der Waals surface area contributed by atoms with Crippen LogP contribution >= 0.6 is 11.9 Å². The molecule has 0 aliphatic carbocycles. The summed E-state index contributed by atoms with van der Waals surface area (Å²) in [4.78, 5) is 15.9. The molecule has 9 heteroatoms. The number of amides is 1. The van der Waals surface area contributed by atoms with Crippen LogP contribution in [0.4, 0.5) is 0 Å². The van der Waals surface area contributed by atoms with Gasteiger partial charge < -0.3 is 16.6 Å². The van der Waals surface area contributed by atoms with E-state index in [4.69, 9.17) is 16.8 Å². The molecule has 0 bridgehead atoms. The number of fused-ring (bicyclic) bond motifs is 1. The number of hydrogen-bond acceptors (Lipinski definition) is 7. The Balaban J connectivity index is 2.19. The van der Waals surface area contributed by atoms with E-state index in [1.807, 2.05) is 18.2 Å². The molecule has 23 heavy (non-hydrogen) atoms. The van der Waals surface area contributed by atoms with Crippen LogP contribution in [0.25, 0.3) is 11.1 Å². The van der Waals surface area contributed by atoms with Crippen molar-refractivity contribution >= 4 is 23.7 Å². The van der Waals surface area contributed by atoms with E-state index in [1.54, 1.807) is 12.3 Å². The normalized spacial score (nSPS) is 13.7. The SMILES string of the molecule is N/N=C(\NN)c1c(-c2ccc3c(c2)CNC3=O)ccnc1SN. The molecule has 0 spiro atoms. The van der Waals surface area contributed by atoms with Crippen molar-refractivity contribution in [2.75, 3.05) is 0 Å². The Labute approximate surface area is 136 Å². The maximum absolute atomic E-state index is 11.7. The van der Waals surface area contributed by atoms with Gasteiger partial charge in [0.25, 0.3) is 5.91 Å². The maximum Gasteiger partial charge on any atom is 0.251 e. The first-order chi connectivity index (χ1) is 11.2. The minimum atomic E-state index is -0.0625. The second kappa shape index (κ2) is 6.24. The second-order valence-corrected chi connectivity index (χ2v) is 5.46. The Bertz CT molecular complexity index is 806. The van der Waals surface area contributed by atoms with E-state index in [1.165, 1.54) is 0 Å². The number of carbonyl (C=O) groups excluding carboxylic acids is 1. The van der Waals surface area contributed by atoms with Gasteiger partial charge >= 0.3 is 0 Å². The molecule has 1 aromatic heterocycles. The summed E-state index contributed by atoms with van der Waals surface area (Å²) in [5, 5.41) is 12.7. The number of hydrogen-bond donors (Lipinski definition) is 5. The van der Waals surface area contributed by atoms with E-state index >= 15 is 0 Å². The topological polar surface area (TPSA) is 144 Å². The van der Waals surface area contributed by atoms with Crippen LogP contribution in [0.3, 0.4) is 0 Å². The van der Waals surface area contributed by atoms with Crippen molar-refractivity contribution in [2.45, 2.75) is 11.6 Å². The van der Waals surface area contributed by atoms with Crippen molar-refractivity contribution in [1.29, 1.82) is 0 Å². The Morgan fingerprint density at radius 2 is 2.17 bits per heavy atom. The fourth-order valence-corrected chi connectivity index (χ4v) is 3.02. The molecule has 1 aliphatic rings. The predicted molar refractivity (Wildman–Crippen MR) is 88.9 cm³/mol. The van der Waals surface area contributed by atoms with Gasteiger partial charge in [0, 0.05) is 18.3 Å². The van der Waals surface area contributed by atoms with Gasteiger partial charge in [0.1, 0.15) is 5.03 Å². The smallest absolute Gasteiger partial charge is 0.251 e. The molecule has 2 heterocycles. The number of nitrogens with one attached hydrogen (secondary N) is 2. The maximum atomic E-state index is 11.7. The quantitative estimate of drug-likeness (QED) is 0.176. The summed E-state index contributed by atoms with van der Waals surface area (Å²) < 4.78 is 0. The Kier molecular flexibility index (Phi) is 4.15. The lowest BCUT2D eigenvalue weighted by molar-refractivity contribution is 0.0966. The summed E-state index contributed by atoms with van der Waals surface area (Å²) in [5.41, 5.74) is 6.40. The van der Waals surface area contributed by atoms with Gasteiger partial charge in [-0.25, -0.2) is 10.8 Å². The summed E-state index contributed by atoms with van der Waals surface area (Å²) in [5.74, 6) is 11.1. The minimum Gasteiger partial charge on any atom is -0.348 e. The van der Waals surface area contributed by atoms with E-state index in [9.17, 15) is 4.79 Å². The number of pyridine rings is 1. The Morgan fingerprint density at radius 1 is 1.35 bits per heavy atom. The lowest BCUT2D eigenvalue weighted by Gasteiger charge is -2.14. The summed E-state index contributed by atoms with van der Waals surface area (Å²) in [6.07, 6.45) is 1.65. The fraction of sp³-hybridized carbons (Fsp3) is 0.0714. The predicted octanol–water partition coefficient (Wildman–Crippen LogP) is 0.0414. The lowest BCUT2D eigenvalue weighted by Crippen LogP contribution is -2.33. The molecule has 3 rings (SSSR count). The molecular weight excluding hydrogens is 314 g/mol. The first-order valence-corrected chi connectivity index (χ1v) is 7.59. The van der Waals surface area contributed by atoms with E-state index < -0.39 is 0 Å². The molecule has 2 aromatic rings. The van der Waals surface area contributed by atoms with E-state index in [2.05, 4.69) is 20.8 Å². The van der Waals surface area contributed by atoms with Gasteiger partial charge in [-0.15, -0.1) is 0 Å². The number of hydrazine groups is 1. The van der Waals surface area contributed by atoms with Gasteiger partial charge in [-0.05, 0) is 46.8 Å². The standard InChI is InChI=1S/C14H15N7OS/c15-20-12(21-16)11-9(3-4-18-14(11)23-17)7-1-2-10-8(5-7)6-19-13(10)22/h1-5H,6,15-17H2,(H,19,22)(H,20,21). The van der Waals surface area contributed by atoms with Crippen LogP contribution in [0.5, 0.6) is 0 Å². The number of benzene rings is 1. The highest BCUT2D eigenvalue weighted by molar-refractivity contribution is 7.97. The van der Waals surface area contributed by atoms with Crippen molar-refractivity contribution in [2.24, 2.45) is 21.9 Å². The average Bonchev–Trinajstić information content (AvgIpc) is 2.96. The molecule has 1 aliphatic heterocycles. The third-order valence-electron chi connectivity index (χ3n) is 3.63. The zero-order chi connectivity index (χ0) is 16.4. The zero-order valence-corrected chi connectivity index (χ0v) is 12.9. The highest BCUT2D eigenvalue weighted by Gasteiger charge is 2.21. The van der Waals surface area contributed by atoms with Crippen molar-refractivity contribution in [1.82, 2.24) is 15.7 Å². The number of hydrazone groups is 1. The van der Waals surface area contributed by atoms with Crippen LogP contribution in [-0.2, 0) is 6.54 Å². The molecule has 0 saturated heterocycles. The summed E-state index contributed by atoms with van der Waals surface area (Å²) in [6, 6.07) is 7.42. The van der Waals surface area contributed by atoms with Gasteiger partial charge in [0.15, 0.2) is 5.84 Å². The van der Waals surface area contributed by atoms with Crippen LogP contribution in [0.15, 0.2) is 40.6 Å². The first kappa shape index (κ1) is 15.3. The molecule has 0 fully saturated rings. The number of nitrogens with two attached hydrogens (primary N) is 3. The third kappa shape index (κ3) is 2.61.